The molecule has 8 nitrogen and oxygen atoms in total. The van der Waals surface area contributed by atoms with E-state index in [1.165, 1.54) is 6.92 Å². The van der Waals surface area contributed by atoms with Crippen LogP contribution in [0.5, 0.6) is 5.75 Å². The fourth-order valence-corrected chi connectivity index (χ4v) is 2.53. The molecule has 2 aromatic rings. The van der Waals surface area contributed by atoms with Crippen LogP contribution in [0.2, 0.25) is 0 Å². The molecule has 0 bridgehead atoms. The molecular formula is C22H29FO8. The monoisotopic (exact) mass is 440 g/mol. The van der Waals surface area contributed by atoms with E-state index in [1.54, 1.807) is 32.0 Å². The number of aryl methyl sites for hydroxylation is 1. The molecule has 0 saturated heterocycles. The fraction of sp³-hybridized carbons (Fsp3) is 0.545. The van der Waals surface area contributed by atoms with Gasteiger partial charge in [-0.3, -0.25) is 4.79 Å². The second-order valence-electron chi connectivity index (χ2n) is 6.99. The second kappa shape index (κ2) is 13.0. The molecule has 9 heteroatoms. The molecule has 0 N–H and O–H groups in total. The van der Waals surface area contributed by atoms with Gasteiger partial charge in [0.25, 0.3) is 0 Å². The Balaban J connectivity index is 1.50. The van der Waals surface area contributed by atoms with Gasteiger partial charge in [0.1, 0.15) is 24.5 Å². The first kappa shape index (κ1) is 24.8. The number of rotatable bonds is 14. The molecule has 0 saturated carbocycles. The van der Waals surface area contributed by atoms with Crippen molar-refractivity contribution in [2.24, 2.45) is 5.92 Å². The molecular weight excluding hydrogens is 411 g/mol. The Morgan fingerprint density at radius 1 is 0.968 bits per heavy atom. The third-order valence-electron chi connectivity index (χ3n) is 4.25. The number of carbonyl (C=O) groups excluding carboxylic acids is 1. The summed E-state index contributed by atoms with van der Waals surface area (Å²) in [7, 11) is 0. The predicted octanol–water partition coefficient (Wildman–Crippen LogP) is 2.87. The first-order valence-electron chi connectivity index (χ1n) is 10.2. The van der Waals surface area contributed by atoms with Gasteiger partial charge in [0, 0.05) is 17.0 Å². The maximum atomic E-state index is 13.6. The summed E-state index contributed by atoms with van der Waals surface area (Å²) in [6, 6.07) is 4.88. The summed E-state index contributed by atoms with van der Waals surface area (Å²) in [5.74, 6) is -0.758. The number of halogens is 1. The summed E-state index contributed by atoms with van der Waals surface area (Å²) in [5, 5.41) is 0.526. The van der Waals surface area contributed by atoms with Crippen LogP contribution in [0.25, 0.3) is 11.0 Å². The highest BCUT2D eigenvalue weighted by Crippen LogP contribution is 2.23. The lowest BCUT2D eigenvalue weighted by atomic mass is 10.1. The van der Waals surface area contributed by atoms with E-state index in [2.05, 4.69) is 0 Å². The van der Waals surface area contributed by atoms with Crippen molar-refractivity contribution >= 4 is 16.9 Å². The van der Waals surface area contributed by atoms with Gasteiger partial charge in [-0.2, -0.15) is 4.39 Å². The topological polar surface area (TPSA) is 93.4 Å². The molecule has 0 aliphatic carbocycles. The van der Waals surface area contributed by atoms with Gasteiger partial charge < -0.3 is 28.1 Å². The zero-order valence-electron chi connectivity index (χ0n) is 18.1. The van der Waals surface area contributed by atoms with Crippen molar-refractivity contribution in [3.05, 3.63) is 40.0 Å². The van der Waals surface area contributed by atoms with Crippen molar-refractivity contribution in [1.82, 2.24) is 0 Å². The lowest BCUT2D eigenvalue weighted by Crippen LogP contribution is -2.17. The number of esters is 1. The summed E-state index contributed by atoms with van der Waals surface area (Å²) in [6.45, 7) is 7.95. The van der Waals surface area contributed by atoms with E-state index in [0.29, 0.717) is 57.4 Å². The number of carbonyl (C=O) groups is 1. The summed E-state index contributed by atoms with van der Waals surface area (Å²) in [5.41, 5.74) is -0.470. The molecule has 0 spiro atoms. The quantitative estimate of drug-likeness (QED) is 0.252. The van der Waals surface area contributed by atoms with Crippen LogP contribution in [0, 0.1) is 18.7 Å². The predicted molar refractivity (Wildman–Crippen MR) is 111 cm³/mol. The maximum Gasteiger partial charge on any atom is 0.372 e. The zero-order valence-corrected chi connectivity index (χ0v) is 18.1. The van der Waals surface area contributed by atoms with E-state index in [4.69, 9.17) is 28.1 Å². The molecule has 0 aliphatic heterocycles. The van der Waals surface area contributed by atoms with E-state index in [9.17, 15) is 14.0 Å². The minimum atomic E-state index is -0.995. The second-order valence-corrected chi connectivity index (χ2v) is 6.99. The van der Waals surface area contributed by atoms with Crippen molar-refractivity contribution in [2.75, 3.05) is 52.9 Å². The standard InChI is InChI=1S/C22H29FO8/c1-15(2)21(24)30-13-11-28-9-7-26-6-8-27-10-12-29-17-4-5-18-16(3)20(23)22(25)31-19(18)14-17/h4-5,14-15H,6-13H2,1-3H3. The van der Waals surface area contributed by atoms with Gasteiger partial charge in [0.15, 0.2) is 0 Å². The van der Waals surface area contributed by atoms with E-state index < -0.39 is 11.4 Å². The third-order valence-corrected chi connectivity index (χ3v) is 4.25. The number of hydrogen-bond acceptors (Lipinski definition) is 8. The van der Waals surface area contributed by atoms with Crippen LogP contribution >= 0.6 is 0 Å². The highest BCUT2D eigenvalue weighted by atomic mass is 19.1. The van der Waals surface area contributed by atoms with Gasteiger partial charge in [0.05, 0.1) is 45.6 Å². The molecule has 2 rings (SSSR count). The normalized spacial score (nSPS) is 11.3. The van der Waals surface area contributed by atoms with Crippen LogP contribution in [-0.4, -0.2) is 58.8 Å². The molecule has 31 heavy (non-hydrogen) atoms. The van der Waals surface area contributed by atoms with Crippen LogP contribution in [0.4, 0.5) is 4.39 Å². The van der Waals surface area contributed by atoms with Gasteiger partial charge >= 0.3 is 11.6 Å². The van der Waals surface area contributed by atoms with Gasteiger partial charge in [-0.05, 0) is 19.1 Å². The molecule has 172 valence electrons. The van der Waals surface area contributed by atoms with Crippen LogP contribution in [0.3, 0.4) is 0 Å². The average Bonchev–Trinajstić information content (AvgIpc) is 2.75. The largest absolute Gasteiger partial charge is 0.491 e. The smallest absolute Gasteiger partial charge is 0.372 e. The number of hydrogen-bond donors (Lipinski definition) is 0. The Morgan fingerprint density at radius 3 is 2.16 bits per heavy atom. The Hall–Kier alpha value is -2.49. The summed E-state index contributed by atoms with van der Waals surface area (Å²) in [4.78, 5) is 22.7. The van der Waals surface area contributed by atoms with Gasteiger partial charge in [-0.15, -0.1) is 0 Å². The van der Waals surface area contributed by atoms with E-state index >= 15 is 0 Å². The molecule has 0 unspecified atom stereocenters. The van der Waals surface area contributed by atoms with Crippen molar-refractivity contribution in [1.29, 1.82) is 0 Å². The summed E-state index contributed by atoms with van der Waals surface area (Å²) in [6.07, 6.45) is 0. The Kier molecular flexibility index (Phi) is 10.4. The molecule has 0 atom stereocenters. The van der Waals surface area contributed by atoms with Gasteiger partial charge in [-0.1, -0.05) is 13.8 Å². The first-order chi connectivity index (χ1) is 14.9. The SMILES string of the molecule is Cc1c(F)c(=O)oc2cc(OCCOCCOCCOCCOC(=O)C(C)C)ccc12. The third kappa shape index (κ3) is 8.28. The van der Waals surface area contributed by atoms with Crippen molar-refractivity contribution in [3.8, 4) is 5.75 Å². The number of ether oxygens (including phenoxy) is 5. The van der Waals surface area contributed by atoms with E-state index in [-0.39, 0.29) is 29.6 Å². The fourth-order valence-electron chi connectivity index (χ4n) is 2.53. The number of fused-ring (bicyclic) bond motifs is 1. The van der Waals surface area contributed by atoms with Crippen LogP contribution < -0.4 is 10.4 Å². The van der Waals surface area contributed by atoms with Gasteiger partial charge in [0.2, 0.25) is 5.82 Å². The average molecular weight is 440 g/mol. The minimum Gasteiger partial charge on any atom is -0.491 e. The van der Waals surface area contributed by atoms with Crippen LogP contribution in [0.15, 0.2) is 27.4 Å². The van der Waals surface area contributed by atoms with Crippen molar-refractivity contribution in [2.45, 2.75) is 20.8 Å². The molecule has 0 amide bonds. The van der Waals surface area contributed by atoms with E-state index in [0.717, 1.165) is 0 Å². The van der Waals surface area contributed by atoms with Crippen molar-refractivity contribution < 1.29 is 37.3 Å². The molecule has 1 heterocycles. The highest BCUT2D eigenvalue weighted by Gasteiger charge is 2.11. The molecule has 0 fully saturated rings. The minimum absolute atomic E-state index is 0.140. The summed E-state index contributed by atoms with van der Waals surface area (Å²) < 4.78 is 45.2. The van der Waals surface area contributed by atoms with Gasteiger partial charge in [-0.25, -0.2) is 4.79 Å². The first-order valence-corrected chi connectivity index (χ1v) is 10.2. The lowest BCUT2D eigenvalue weighted by Gasteiger charge is -2.09. The highest BCUT2D eigenvalue weighted by molar-refractivity contribution is 5.81. The molecule has 0 aliphatic rings. The number of benzene rings is 1. The summed E-state index contributed by atoms with van der Waals surface area (Å²) >= 11 is 0. The molecule has 1 aromatic carbocycles. The zero-order chi connectivity index (χ0) is 22.6. The Labute approximate surface area is 180 Å². The molecule has 0 radical (unpaired) electrons. The molecule has 1 aromatic heterocycles. The van der Waals surface area contributed by atoms with Crippen molar-refractivity contribution in [3.63, 3.8) is 0 Å². The maximum absolute atomic E-state index is 13.6. The Morgan fingerprint density at radius 2 is 1.55 bits per heavy atom. The van der Waals surface area contributed by atoms with Crippen LogP contribution in [0.1, 0.15) is 19.4 Å². The Bertz CT molecular complexity index is 893. The van der Waals surface area contributed by atoms with E-state index in [1.807, 2.05) is 0 Å². The lowest BCUT2D eigenvalue weighted by molar-refractivity contribution is -0.149. The van der Waals surface area contributed by atoms with Crippen LogP contribution in [-0.2, 0) is 23.7 Å².